The molecule has 1 atom stereocenters. The van der Waals surface area contributed by atoms with Crippen LogP contribution in [0.4, 0.5) is 5.69 Å². The smallest absolute Gasteiger partial charge is 0.306 e. The Hall–Kier alpha value is -2.93. The van der Waals surface area contributed by atoms with E-state index >= 15 is 0 Å². The molecule has 1 fully saturated rings. The van der Waals surface area contributed by atoms with Crippen molar-refractivity contribution >= 4 is 35.1 Å². The Balaban J connectivity index is 1.62. The highest BCUT2D eigenvalue weighted by Gasteiger charge is 2.38. The zero-order valence-electron chi connectivity index (χ0n) is 17.0. The summed E-state index contributed by atoms with van der Waals surface area (Å²) in [6.07, 6.45) is 4.57. The summed E-state index contributed by atoms with van der Waals surface area (Å²) in [4.78, 5) is 43.9. The van der Waals surface area contributed by atoms with Crippen molar-refractivity contribution in [2.24, 2.45) is 11.8 Å². The molecule has 1 aliphatic carbocycles. The van der Waals surface area contributed by atoms with Gasteiger partial charge in [-0.1, -0.05) is 17.7 Å². The molecule has 1 aliphatic heterocycles. The number of benzene rings is 1. The van der Waals surface area contributed by atoms with Gasteiger partial charge < -0.3 is 15.3 Å². The van der Waals surface area contributed by atoms with Gasteiger partial charge >= 0.3 is 5.97 Å². The summed E-state index contributed by atoms with van der Waals surface area (Å²) in [5.74, 6) is -1.45. The van der Waals surface area contributed by atoms with Crippen LogP contribution in [0.15, 0.2) is 42.6 Å². The molecule has 2 aromatic rings. The highest BCUT2D eigenvalue weighted by molar-refractivity contribution is 6.31. The molecule has 2 heterocycles. The third-order valence-corrected chi connectivity index (χ3v) is 6.42. The molecule has 162 valence electrons. The van der Waals surface area contributed by atoms with Gasteiger partial charge in [0.2, 0.25) is 5.91 Å². The van der Waals surface area contributed by atoms with Gasteiger partial charge in [0.05, 0.1) is 17.2 Å². The van der Waals surface area contributed by atoms with Gasteiger partial charge in [0.25, 0.3) is 5.91 Å². The highest BCUT2D eigenvalue weighted by atomic mass is 35.5. The van der Waals surface area contributed by atoms with Crippen LogP contribution in [-0.4, -0.2) is 45.4 Å². The van der Waals surface area contributed by atoms with Gasteiger partial charge in [0.1, 0.15) is 6.04 Å². The predicted molar refractivity (Wildman–Crippen MR) is 116 cm³/mol. The van der Waals surface area contributed by atoms with Gasteiger partial charge in [-0.25, -0.2) is 0 Å². The molecule has 4 rings (SSSR count). The minimum absolute atomic E-state index is 0.146. The molecule has 0 bridgehead atoms. The molecule has 0 spiro atoms. The van der Waals surface area contributed by atoms with E-state index in [9.17, 15) is 19.5 Å². The van der Waals surface area contributed by atoms with Crippen molar-refractivity contribution in [2.75, 3.05) is 11.9 Å². The molecular formula is C23H24ClN3O4. The van der Waals surface area contributed by atoms with Crippen LogP contribution in [-0.2, 0) is 16.0 Å². The minimum Gasteiger partial charge on any atom is -0.481 e. The number of anilines is 1. The summed E-state index contributed by atoms with van der Waals surface area (Å²) in [6, 6.07) is 9.64. The van der Waals surface area contributed by atoms with E-state index < -0.39 is 12.0 Å². The van der Waals surface area contributed by atoms with Crippen molar-refractivity contribution in [3.63, 3.8) is 0 Å². The first-order valence-corrected chi connectivity index (χ1v) is 10.8. The Kier molecular flexibility index (Phi) is 6.23. The van der Waals surface area contributed by atoms with Crippen molar-refractivity contribution < 1.29 is 19.5 Å². The first-order chi connectivity index (χ1) is 14.9. The lowest BCUT2D eigenvalue weighted by Gasteiger charge is -2.34. The van der Waals surface area contributed by atoms with Crippen LogP contribution < -0.4 is 5.32 Å². The first kappa shape index (κ1) is 21.3. The number of carboxylic acids is 1. The standard InChI is InChI=1S/C23H24ClN3O4/c24-16-8-9-18-19(11-16)26-21(28)20(12-17-3-1-2-10-25-17)27(22(18)29)13-14-4-6-15(7-5-14)23(30)31/h1-3,8-11,14-15,20H,4-7,12-13H2,(H,26,28)(H,30,31)/t14?,15?,20-/m1/s1. The lowest BCUT2D eigenvalue weighted by Crippen LogP contribution is -2.49. The van der Waals surface area contributed by atoms with E-state index in [2.05, 4.69) is 10.3 Å². The third-order valence-electron chi connectivity index (χ3n) is 6.19. The topological polar surface area (TPSA) is 99.6 Å². The number of nitrogens with zero attached hydrogens (tertiary/aromatic N) is 2. The van der Waals surface area contributed by atoms with E-state index in [0.717, 1.165) is 5.69 Å². The number of fused-ring (bicyclic) bond motifs is 1. The van der Waals surface area contributed by atoms with E-state index in [1.807, 2.05) is 12.1 Å². The number of aliphatic carboxylic acids is 1. The molecule has 7 nitrogen and oxygen atoms in total. The largest absolute Gasteiger partial charge is 0.481 e. The van der Waals surface area contributed by atoms with Crippen LogP contribution >= 0.6 is 11.6 Å². The Morgan fingerprint density at radius 1 is 1.16 bits per heavy atom. The molecule has 31 heavy (non-hydrogen) atoms. The van der Waals surface area contributed by atoms with Gasteiger partial charge in [0.15, 0.2) is 0 Å². The number of carbonyl (C=O) groups is 3. The molecule has 0 saturated heterocycles. The number of aromatic nitrogens is 1. The van der Waals surface area contributed by atoms with E-state index in [1.165, 1.54) is 0 Å². The second kappa shape index (κ2) is 9.06. The molecule has 1 aromatic heterocycles. The van der Waals surface area contributed by atoms with Crippen molar-refractivity contribution in [1.82, 2.24) is 9.88 Å². The summed E-state index contributed by atoms with van der Waals surface area (Å²) in [5.41, 5.74) is 1.53. The maximum Gasteiger partial charge on any atom is 0.306 e. The quantitative estimate of drug-likeness (QED) is 0.738. The highest BCUT2D eigenvalue weighted by Crippen LogP contribution is 2.33. The normalized spacial score (nSPS) is 23.6. The maximum absolute atomic E-state index is 13.5. The molecule has 2 aliphatic rings. The Labute approximate surface area is 185 Å². The van der Waals surface area contributed by atoms with Crippen LogP contribution in [0.5, 0.6) is 0 Å². The fourth-order valence-corrected chi connectivity index (χ4v) is 4.63. The Morgan fingerprint density at radius 2 is 1.94 bits per heavy atom. The molecule has 1 saturated carbocycles. The number of halogens is 1. The summed E-state index contributed by atoms with van der Waals surface area (Å²) in [5, 5.41) is 12.6. The summed E-state index contributed by atoms with van der Waals surface area (Å²) in [6.45, 7) is 0.401. The second-order valence-corrected chi connectivity index (χ2v) is 8.67. The van der Waals surface area contributed by atoms with Crippen molar-refractivity contribution in [2.45, 2.75) is 38.1 Å². The molecule has 1 aromatic carbocycles. The van der Waals surface area contributed by atoms with Crippen molar-refractivity contribution in [1.29, 1.82) is 0 Å². The summed E-state index contributed by atoms with van der Waals surface area (Å²) in [7, 11) is 0. The number of hydrogen-bond donors (Lipinski definition) is 2. The van der Waals surface area contributed by atoms with Gasteiger partial charge in [-0.3, -0.25) is 19.4 Å². The molecule has 2 amide bonds. The molecule has 2 N–H and O–H groups in total. The Bertz CT molecular complexity index is 990. The Morgan fingerprint density at radius 3 is 2.61 bits per heavy atom. The predicted octanol–water partition coefficient (Wildman–Crippen LogP) is 3.63. The monoisotopic (exact) mass is 441 g/mol. The number of nitrogens with one attached hydrogen (secondary N) is 1. The number of amides is 2. The van der Waals surface area contributed by atoms with Crippen LogP contribution in [0.3, 0.4) is 0 Å². The van der Waals surface area contributed by atoms with Crippen LogP contribution in [0, 0.1) is 11.8 Å². The van der Waals surface area contributed by atoms with E-state index in [1.54, 1.807) is 35.4 Å². The lowest BCUT2D eigenvalue weighted by molar-refractivity contribution is -0.143. The second-order valence-electron chi connectivity index (χ2n) is 8.23. The minimum atomic E-state index is -0.762. The molecular weight excluding hydrogens is 418 g/mol. The summed E-state index contributed by atoms with van der Waals surface area (Å²) >= 11 is 6.09. The molecule has 0 unspecified atom stereocenters. The van der Waals surface area contributed by atoms with E-state index in [4.69, 9.17) is 11.6 Å². The number of rotatable bonds is 5. The maximum atomic E-state index is 13.5. The number of carbonyl (C=O) groups excluding carboxylic acids is 2. The number of pyridine rings is 1. The van der Waals surface area contributed by atoms with Gasteiger partial charge in [0, 0.05) is 29.9 Å². The van der Waals surface area contributed by atoms with Gasteiger partial charge in [-0.2, -0.15) is 0 Å². The first-order valence-electron chi connectivity index (χ1n) is 10.5. The molecule has 0 radical (unpaired) electrons. The van der Waals surface area contributed by atoms with Crippen LogP contribution in [0.25, 0.3) is 0 Å². The third kappa shape index (κ3) is 4.71. The van der Waals surface area contributed by atoms with Crippen LogP contribution in [0.2, 0.25) is 5.02 Å². The SMILES string of the molecule is O=C(O)C1CCC(CN2C(=O)c3ccc(Cl)cc3NC(=O)[C@H]2Cc2ccccn2)CC1. The average molecular weight is 442 g/mol. The van der Waals surface area contributed by atoms with E-state index in [-0.39, 0.29) is 23.7 Å². The zero-order valence-corrected chi connectivity index (χ0v) is 17.7. The van der Waals surface area contributed by atoms with E-state index in [0.29, 0.717) is 54.9 Å². The van der Waals surface area contributed by atoms with Crippen LogP contribution in [0.1, 0.15) is 41.7 Å². The lowest BCUT2D eigenvalue weighted by atomic mass is 9.81. The van der Waals surface area contributed by atoms with Crippen molar-refractivity contribution in [3.05, 3.63) is 58.9 Å². The zero-order chi connectivity index (χ0) is 22.0. The molecule has 8 heteroatoms. The number of carboxylic acid groups (broad SMARTS) is 1. The van der Waals surface area contributed by atoms with Crippen molar-refractivity contribution in [3.8, 4) is 0 Å². The fraction of sp³-hybridized carbons (Fsp3) is 0.391. The van der Waals surface area contributed by atoms with Gasteiger partial charge in [-0.05, 0) is 61.9 Å². The van der Waals surface area contributed by atoms with Gasteiger partial charge in [-0.15, -0.1) is 0 Å². The number of hydrogen-bond acceptors (Lipinski definition) is 4. The summed E-state index contributed by atoms with van der Waals surface area (Å²) < 4.78 is 0. The fourth-order valence-electron chi connectivity index (χ4n) is 4.46. The average Bonchev–Trinajstić information content (AvgIpc) is 2.85.